The summed E-state index contributed by atoms with van der Waals surface area (Å²) in [7, 11) is 0. The van der Waals surface area contributed by atoms with Crippen molar-refractivity contribution in [2.24, 2.45) is 0 Å². The largest absolute Gasteiger partial charge is 0.492 e. The highest BCUT2D eigenvalue weighted by Gasteiger charge is 2.10. The second kappa shape index (κ2) is 8.67. The summed E-state index contributed by atoms with van der Waals surface area (Å²) < 4.78 is 8.02. The van der Waals surface area contributed by atoms with Crippen molar-refractivity contribution < 1.29 is 4.74 Å². The molecule has 2 aromatic heterocycles. The molecule has 1 aliphatic rings. The maximum absolute atomic E-state index is 5.96. The van der Waals surface area contributed by atoms with Gasteiger partial charge in [0.25, 0.3) is 0 Å². The van der Waals surface area contributed by atoms with Crippen molar-refractivity contribution in [1.82, 2.24) is 19.4 Å². The Morgan fingerprint density at radius 3 is 2.53 bits per heavy atom. The van der Waals surface area contributed by atoms with E-state index in [-0.39, 0.29) is 0 Å². The first kappa shape index (κ1) is 18.8. The van der Waals surface area contributed by atoms with Gasteiger partial charge in [0.15, 0.2) is 0 Å². The molecule has 0 spiro atoms. The Hall–Kier alpha value is -3.18. The van der Waals surface area contributed by atoms with Crippen LogP contribution >= 0.6 is 0 Å². The van der Waals surface area contributed by atoms with Crippen molar-refractivity contribution in [3.05, 3.63) is 73.3 Å². The van der Waals surface area contributed by atoms with Gasteiger partial charge in [0.1, 0.15) is 18.7 Å². The fraction of sp³-hybridized carbons (Fsp3) is 0.280. The van der Waals surface area contributed by atoms with Crippen LogP contribution in [0.4, 0.5) is 0 Å². The summed E-state index contributed by atoms with van der Waals surface area (Å²) in [4.78, 5) is 11.3. The van der Waals surface area contributed by atoms with Crippen LogP contribution in [0.25, 0.3) is 27.8 Å². The number of hydrogen-bond donors (Lipinski definition) is 0. The second-order valence-corrected chi connectivity index (χ2v) is 7.80. The molecular formula is C25H26N4O. The van der Waals surface area contributed by atoms with Crippen molar-refractivity contribution >= 4 is 11.0 Å². The molecule has 5 nitrogen and oxygen atoms in total. The lowest BCUT2D eigenvalue weighted by Gasteiger charge is -2.26. The quantitative estimate of drug-likeness (QED) is 0.461. The SMILES string of the molecule is c1cncc(-n2cnc3cc(-c4ccc(OCCN5CCCCC5)cc4)ccc32)c1. The molecular weight excluding hydrogens is 372 g/mol. The highest BCUT2D eigenvalue weighted by atomic mass is 16.5. The maximum atomic E-state index is 5.96. The average Bonchev–Trinajstić information content (AvgIpc) is 3.24. The minimum Gasteiger partial charge on any atom is -0.492 e. The van der Waals surface area contributed by atoms with Crippen molar-refractivity contribution in [3.63, 3.8) is 0 Å². The van der Waals surface area contributed by atoms with E-state index in [0.29, 0.717) is 0 Å². The third-order valence-electron chi connectivity index (χ3n) is 5.78. The van der Waals surface area contributed by atoms with Gasteiger partial charge < -0.3 is 4.74 Å². The monoisotopic (exact) mass is 398 g/mol. The summed E-state index contributed by atoms with van der Waals surface area (Å²) in [6.07, 6.45) is 9.49. The van der Waals surface area contributed by atoms with E-state index in [9.17, 15) is 0 Å². The molecule has 0 N–H and O–H groups in total. The van der Waals surface area contributed by atoms with Crippen molar-refractivity contribution in [1.29, 1.82) is 0 Å². The van der Waals surface area contributed by atoms with Crippen LogP contribution in [0.1, 0.15) is 19.3 Å². The molecule has 0 atom stereocenters. The van der Waals surface area contributed by atoms with Gasteiger partial charge >= 0.3 is 0 Å². The Kier molecular flexibility index (Phi) is 5.44. The van der Waals surface area contributed by atoms with Gasteiger partial charge in [-0.2, -0.15) is 0 Å². The zero-order valence-electron chi connectivity index (χ0n) is 17.1. The van der Waals surface area contributed by atoms with Crippen LogP contribution in [-0.2, 0) is 0 Å². The highest BCUT2D eigenvalue weighted by molar-refractivity contribution is 5.83. The molecule has 0 aliphatic carbocycles. The number of nitrogens with zero attached hydrogens (tertiary/aromatic N) is 4. The first-order chi connectivity index (χ1) is 14.9. The molecule has 4 aromatic rings. The highest BCUT2D eigenvalue weighted by Crippen LogP contribution is 2.27. The normalized spacial score (nSPS) is 14.8. The molecule has 30 heavy (non-hydrogen) atoms. The molecule has 0 amide bonds. The number of piperidine rings is 1. The molecule has 2 aromatic carbocycles. The van der Waals surface area contributed by atoms with Crippen LogP contribution in [0, 0.1) is 0 Å². The number of hydrogen-bond acceptors (Lipinski definition) is 4. The molecule has 5 heteroatoms. The van der Waals surface area contributed by atoms with E-state index >= 15 is 0 Å². The molecule has 1 saturated heterocycles. The zero-order chi connectivity index (χ0) is 20.2. The lowest BCUT2D eigenvalue weighted by molar-refractivity contribution is 0.183. The summed E-state index contributed by atoms with van der Waals surface area (Å²) in [6.45, 7) is 4.18. The minimum atomic E-state index is 0.747. The van der Waals surface area contributed by atoms with E-state index in [1.807, 2.05) is 24.7 Å². The van der Waals surface area contributed by atoms with Crippen molar-refractivity contribution in [2.75, 3.05) is 26.2 Å². The first-order valence-corrected chi connectivity index (χ1v) is 10.7. The number of pyridine rings is 1. The number of ether oxygens (including phenoxy) is 1. The molecule has 1 fully saturated rings. The summed E-state index contributed by atoms with van der Waals surface area (Å²) in [5.41, 5.74) is 5.37. The first-order valence-electron chi connectivity index (χ1n) is 10.7. The van der Waals surface area contributed by atoms with E-state index in [0.717, 1.165) is 46.7 Å². The maximum Gasteiger partial charge on any atom is 0.119 e. The average molecular weight is 399 g/mol. The van der Waals surface area contributed by atoms with E-state index in [2.05, 4.69) is 61.9 Å². The molecule has 152 valence electrons. The Morgan fingerprint density at radius 1 is 0.900 bits per heavy atom. The summed E-state index contributed by atoms with van der Waals surface area (Å²) in [6, 6.07) is 18.7. The third kappa shape index (κ3) is 4.07. The predicted molar refractivity (Wildman–Crippen MR) is 120 cm³/mol. The van der Waals surface area contributed by atoms with E-state index in [1.54, 1.807) is 6.20 Å². The van der Waals surface area contributed by atoms with Crippen molar-refractivity contribution in [2.45, 2.75) is 19.3 Å². The fourth-order valence-corrected chi connectivity index (χ4v) is 4.11. The summed E-state index contributed by atoms with van der Waals surface area (Å²) >= 11 is 0. The number of likely N-dealkylation sites (tertiary alicyclic amines) is 1. The van der Waals surface area contributed by atoms with Crippen molar-refractivity contribution in [3.8, 4) is 22.6 Å². The molecule has 0 radical (unpaired) electrons. The number of fused-ring (bicyclic) bond motifs is 1. The second-order valence-electron chi connectivity index (χ2n) is 7.80. The van der Waals surface area contributed by atoms with Gasteiger partial charge in [-0.3, -0.25) is 14.5 Å². The third-order valence-corrected chi connectivity index (χ3v) is 5.78. The number of benzene rings is 2. The minimum absolute atomic E-state index is 0.747. The number of rotatable bonds is 6. The molecule has 5 rings (SSSR count). The van der Waals surface area contributed by atoms with Crippen LogP contribution < -0.4 is 4.74 Å². The van der Waals surface area contributed by atoms with Crippen LogP contribution in [0.5, 0.6) is 5.75 Å². The molecule has 3 heterocycles. The van der Waals surface area contributed by atoms with Gasteiger partial charge in [-0.1, -0.05) is 24.6 Å². The smallest absolute Gasteiger partial charge is 0.119 e. The Morgan fingerprint density at radius 2 is 1.73 bits per heavy atom. The lowest BCUT2D eigenvalue weighted by atomic mass is 10.0. The van der Waals surface area contributed by atoms with Gasteiger partial charge in [0.2, 0.25) is 0 Å². The molecule has 1 aliphatic heterocycles. The van der Waals surface area contributed by atoms with Crippen LogP contribution in [0.3, 0.4) is 0 Å². The summed E-state index contributed by atoms with van der Waals surface area (Å²) in [5, 5.41) is 0. The van der Waals surface area contributed by atoms with Gasteiger partial charge in [0, 0.05) is 12.7 Å². The predicted octanol–water partition coefficient (Wildman–Crippen LogP) is 4.95. The van der Waals surface area contributed by atoms with E-state index in [1.165, 1.54) is 32.4 Å². The number of aromatic nitrogens is 3. The standard InChI is InChI=1S/C25H26N4O/c1-2-13-28(14-3-1)15-16-30-23-9-6-20(7-10-23)21-8-11-25-24(17-21)27-19-29(25)22-5-4-12-26-18-22/h4-12,17-19H,1-3,13-16H2. The molecule has 0 saturated carbocycles. The molecule has 0 bridgehead atoms. The van der Waals surface area contributed by atoms with Crippen LogP contribution in [0.2, 0.25) is 0 Å². The number of imidazole rings is 1. The van der Waals surface area contributed by atoms with E-state index < -0.39 is 0 Å². The van der Waals surface area contributed by atoms with Gasteiger partial charge in [0.05, 0.1) is 22.9 Å². The lowest BCUT2D eigenvalue weighted by Crippen LogP contribution is -2.33. The molecule has 0 unspecified atom stereocenters. The van der Waals surface area contributed by atoms with Gasteiger partial charge in [-0.15, -0.1) is 0 Å². The van der Waals surface area contributed by atoms with E-state index in [4.69, 9.17) is 4.74 Å². The van der Waals surface area contributed by atoms with Gasteiger partial charge in [-0.25, -0.2) is 4.98 Å². The Bertz CT molecular complexity index is 1100. The van der Waals surface area contributed by atoms with Crippen LogP contribution in [-0.4, -0.2) is 45.7 Å². The zero-order valence-corrected chi connectivity index (χ0v) is 17.1. The topological polar surface area (TPSA) is 43.2 Å². The Labute approximate surface area is 177 Å². The Balaban J connectivity index is 1.27. The van der Waals surface area contributed by atoms with Crippen LogP contribution in [0.15, 0.2) is 73.3 Å². The van der Waals surface area contributed by atoms with Gasteiger partial charge in [-0.05, 0) is 73.5 Å². The fourth-order valence-electron chi connectivity index (χ4n) is 4.11. The summed E-state index contributed by atoms with van der Waals surface area (Å²) in [5.74, 6) is 0.928.